The number of benzene rings is 1. The van der Waals surface area contributed by atoms with E-state index in [0.29, 0.717) is 6.61 Å². The summed E-state index contributed by atoms with van der Waals surface area (Å²) in [4.78, 5) is 0. The molecular formula is C15H20O3. The molecule has 3 heteroatoms. The Morgan fingerprint density at radius 3 is 2.78 bits per heavy atom. The first-order chi connectivity index (χ1) is 8.83. The maximum atomic E-state index is 6.00. The van der Waals surface area contributed by atoms with E-state index >= 15 is 0 Å². The molecule has 1 aromatic carbocycles. The molecule has 0 spiro atoms. The lowest BCUT2D eigenvalue weighted by Gasteiger charge is -2.24. The first kappa shape index (κ1) is 13.0. The van der Waals surface area contributed by atoms with Gasteiger partial charge in [-0.05, 0) is 24.6 Å². The minimum Gasteiger partial charge on any atom is -0.490 e. The second-order valence-corrected chi connectivity index (χ2v) is 4.27. The van der Waals surface area contributed by atoms with Crippen LogP contribution in [0.25, 0.3) is 6.08 Å². The van der Waals surface area contributed by atoms with Gasteiger partial charge in [0.1, 0.15) is 6.10 Å². The summed E-state index contributed by atoms with van der Waals surface area (Å²) in [5, 5.41) is 0. The van der Waals surface area contributed by atoms with Crippen molar-refractivity contribution in [3.05, 3.63) is 30.3 Å². The normalized spacial score (nSPS) is 16.3. The maximum absolute atomic E-state index is 6.00. The Hall–Kier alpha value is -1.48. The Bertz CT molecular complexity index is 395. The predicted molar refractivity (Wildman–Crippen MR) is 72.2 cm³/mol. The van der Waals surface area contributed by atoms with Gasteiger partial charge >= 0.3 is 0 Å². The van der Waals surface area contributed by atoms with Crippen LogP contribution in [0.4, 0.5) is 0 Å². The minimum atomic E-state index is 0.229. The van der Waals surface area contributed by atoms with Crippen molar-refractivity contribution in [1.82, 2.24) is 0 Å². The topological polar surface area (TPSA) is 27.7 Å². The molecule has 0 bridgehead atoms. The molecule has 18 heavy (non-hydrogen) atoms. The third kappa shape index (κ3) is 3.26. The second kappa shape index (κ2) is 6.45. The van der Waals surface area contributed by atoms with Crippen molar-refractivity contribution >= 4 is 6.08 Å². The SMILES string of the molecule is C=Cc1ccc(OC2CCOCC2)c(OCC)c1. The van der Waals surface area contributed by atoms with Crippen molar-refractivity contribution in [2.24, 2.45) is 0 Å². The van der Waals surface area contributed by atoms with Gasteiger partial charge in [-0.25, -0.2) is 0 Å². The van der Waals surface area contributed by atoms with E-state index in [1.165, 1.54) is 0 Å². The van der Waals surface area contributed by atoms with Gasteiger partial charge < -0.3 is 14.2 Å². The Morgan fingerprint density at radius 1 is 1.33 bits per heavy atom. The quantitative estimate of drug-likeness (QED) is 0.800. The summed E-state index contributed by atoms with van der Waals surface area (Å²) < 4.78 is 16.9. The summed E-state index contributed by atoms with van der Waals surface area (Å²) in [7, 11) is 0. The number of ether oxygens (including phenoxy) is 3. The Balaban J connectivity index is 2.11. The van der Waals surface area contributed by atoms with Crippen LogP contribution in [0.3, 0.4) is 0 Å². The highest BCUT2D eigenvalue weighted by molar-refractivity contribution is 5.54. The zero-order valence-electron chi connectivity index (χ0n) is 10.9. The van der Waals surface area contributed by atoms with Gasteiger partial charge in [0.25, 0.3) is 0 Å². The lowest BCUT2D eigenvalue weighted by molar-refractivity contribution is 0.0243. The van der Waals surface area contributed by atoms with Crippen molar-refractivity contribution in [3.8, 4) is 11.5 Å². The van der Waals surface area contributed by atoms with E-state index in [0.717, 1.165) is 43.1 Å². The monoisotopic (exact) mass is 248 g/mol. The molecule has 2 rings (SSSR count). The summed E-state index contributed by atoms with van der Waals surface area (Å²) in [5.41, 5.74) is 1.04. The largest absolute Gasteiger partial charge is 0.490 e. The predicted octanol–water partition coefficient (Wildman–Crippen LogP) is 3.29. The molecule has 0 unspecified atom stereocenters. The van der Waals surface area contributed by atoms with E-state index in [2.05, 4.69) is 6.58 Å². The van der Waals surface area contributed by atoms with Gasteiger partial charge in [-0.3, -0.25) is 0 Å². The zero-order valence-corrected chi connectivity index (χ0v) is 10.9. The van der Waals surface area contributed by atoms with Crippen LogP contribution in [-0.2, 0) is 4.74 Å². The van der Waals surface area contributed by atoms with Gasteiger partial charge in [-0.15, -0.1) is 0 Å². The van der Waals surface area contributed by atoms with E-state index in [-0.39, 0.29) is 6.10 Å². The molecule has 0 saturated carbocycles. The fourth-order valence-electron chi connectivity index (χ4n) is 1.99. The highest BCUT2D eigenvalue weighted by Gasteiger charge is 2.17. The van der Waals surface area contributed by atoms with Gasteiger partial charge in [0.05, 0.1) is 19.8 Å². The average molecular weight is 248 g/mol. The second-order valence-electron chi connectivity index (χ2n) is 4.27. The number of hydrogen-bond donors (Lipinski definition) is 0. The molecule has 3 nitrogen and oxygen atoms in total. The van der Waals surface area contributed by atoms with Gasteiger partial charge in [0.15, 0.2) is 11.5 Å². The Kier molecular flexibility index (Phi) is 4.65. The summed E-state index contributed by atoms with van der Waals surface area (Å²) in [6.07, 6.45) is 3.91. The lowest BCUT2D eigenvalue weighted by atomic mass is 10.1. The first-order valence-corrected chi connectivity index (χ1v) is 6.47. The Labute approximate surface area is 108 Å². The van der Waals surface area contributed by atoms with E-state index < -0.39 is 0 Å². The Morgan fingerprint density at radius 2 is 2.11 bits per heavy atom. The highest BCUT2D eigenvalue weighted by Crippen LogP contribution is 2.31. The highest BCUT2D eigenvalue weighted by atomic mass is 16.5. The van der Waals surface area contributed by atoms with Crippen molar-refractivity contribution < 1.29 is 14.2 Å². The smallest absolute Gasteiger partial charge is 0.161 e. The number of rotatable bonds is 5. The van der Waals surface area contributed by atoms with Crippen LogP contribution in [0.1, 0.15) is 25.3 Å². The molecule has 0 aromatic heterocycles. The van der Waals surface area contributed by atoms with E-state index in [1.807, 2.05) is 25.1 Å². The van der Waals surface area contributed by atoms with Gasteiger partial charge in [0.2, 0.25) is 0 Å². The lowest BCUT2D eigenvalue weighted by Crippen LogP contribution is -2.26. The van der Waals surface area contributed by atoms with Crippen LogP contribution in [0.2, 0.25) is 0 Å². The average Bonchev–Trinajstić information content (AvgIpc) is 2.42. The molecule has 1 fully saturated rings. The number of hydrogen-bond acceptors (Lipinski definition) is 3. The van der Waals surface area contributed by atoms with Crippen molar-refractivity contribution in [1.29, 1.82) is 0 Å². The van der Waals surface area contributed by atoms with Crippen molar-refractivity contribution in [2.75, 3.05) is 19.8 Å². The molecule has 0 N–H and O–H groups in total. The summed E-state index contributed by atoms with van der Waals surface area (Å²) in [6.45, 7) is 7.92. The molecule has 1 aliphatic rings. The van der Waals surface area contributed by atoms with Crippen LogP contribution in [-0.4, -0.2) is 25.9 Å². The van der Waals surface area contributed by atoms with Gasteiger partial charge in [0, 0.05) is 12.8 Å². The third-order valence-electron chi connectivity index (χ3n) is 2.97. The fraction of sp³-hybridized carbons (Fsp3) is 0.467. The van der Waals surface area contributed by atoms with Crippen LogP contribution in [0.15, 0.2) is 24.8 Å². The maximum Gasteiger partial charge on any atom is 0.161 e. The standard InChI is InChI=1S/C15H20O3/c1-3-12-5-6-14(15(11-12)17-4-2)18-13-7-9-16-10-8-13/h3,5-6,11,13H,1,4,7-10H2,2H3. The molecule has 1 aliphatic heterocycles. The molecular weight excluding hydrogens is 228 g/mol. The molecule has 98 valence electrons. The third-order valence-corrected chi connectivity index (χ3v) is 2.97. The molecule has 1 aromatic rings. The van der Waals surface area contributed by atoms with E-state index in [4.69, 9.17) is 14.2 Å². The molecule has 1 saturated heterocycles. The van der Waals surface area contributed by atoms with Gasteiger partial charge in [-0.2, -0.15) is 0 Å². The minimum absolute atomic E-state index is 0.229. The summed E-state index contributed by atoms with van der Waals surface area (Å²) >= 11 is 0. The van der Waals surface area contributed by atoms with Gasteiger partial charge in [-0.1, -0.05) is 18.7 Å². The molecule has 0 amide bonds. The van der Waals surface area contributed by atoms with Crippen LogP contribution in [0.5, 0.6) is 11.5 Å². The van der Waals surface area contributed by atoms with Crippen LogP contribution < -0.4 is 9.47 Å². The van der Waals surface area contributed by atoms with E-state index in [9.17, 15) is 0 Å². The van der Waals surface area contributed by atoms with E-state index in [1.54, 1.807) is 6.08 Å². The molecule has 0 atom stereocenters. The van der Waals surface area contributed by atoms with Crippen molar-refractivity contribution in [3.63, 3.8) is 0 Å². The molecule has 0 radical (unpaired) electrons. The van der Waals surface area contributed by atoms with Crippen molar-refractivity contribution in [2.45, 2.75) is 25.9 Å². The summed E-state index contributed by atoms with van der Waals surface area (Å²) in [5.74, 6) is 1.61. The van der Waals surface area contributed by atoms with Crippen LogP contribution >= 0.6 is 0 Å². The fourth-order valence-corrected chi connectivity index (χ4v) is 1.99. The summed E-state index contributed by atoms with van der Waals surface area (Å²) in [6, 6.07) is 5.91. The first-order valence-electron chi connectivity index (χ1n) is 6.47. The zero-order chi connectivity index (χ0) is 12.8. The molecule has 0 aliphatic carbocycles. The molecule has 1 heterocycles. The van der Waals surface area contributed by atoms with Crippen LogP contribution in [0, 0.1) is 0 Å².